The standard InChI is InChI=1S/C21H16F3NO/c1-25-18-11-8-13-4-2-3-5-16(13)20(18)17(12-19(25)26)14-6-9-15(10-7-14)21(22,23)24/h2-11,17H,12H2,1H3. The van der Waals surface area contributed by atoms with Gasteiger partial charge in [-0.3, -0.25) is 4.79 Å². The molecular weight excluding hydrogens is 339 g/mol. The van der Waals surface area contributed by atoms with E-state index in [-0.39, 0.29) is 18.2 Å². The normalized spacial score (nSPS) is 17.5. The largest absolute Gasteiger partial charge is 0.416 e. The van der Waals surface area contributed by atoms with E-state index in [1.54, 1.807) is 11.9 Å². The summed E-state index contributed by atoms with van der Waals surface area (Å²) >= 11 is 0. The highest BCUT2D eigenvalue weighted by molar-refractivity contribution is 6.02. The lowest BCUT2D eigenvalue weighted by molar-refractivity contribution is -0.137. The number of hydrogen-bond donors (Lipinski definition) is 0. The van der Waals surface area contributed by atoms with Gasteiger partial charge >= 0.3 is 6.18 Å². The zero-order valence-electron chi connectivity index (χ0n) is 14.0. The Morgan fingerprint density at radius 3 is 2.35 bits per heavy atom. The van der Waals surface area contributed by atoms with Gasteiger partial charge in [-0.1, -0.05) is 42.5 Å². The lowest BCUT2D eigenvalue weighted by Gasteiger charge is -2.33. The smallest absolute Gasteiger partial charge is 0.315 e. The van der Waals surface area contributed by atoms with Gasteiger partial charge in [-0.05, 0) is 40.1 Å². The molecule has 1 unspecified atom stereocenters. The van der Waals surface area contributed by atoms with E-state index in [2.05, 4.69) is 0 Å². The van der Waals surface area contributed by atoms with Crippen molar-refractivity contribution in [2.24, 2.45) is 0 Å². The number of anilines is 1. The van der Waals surface area contributed by atoms with Crippen molar-refractivity contribution < 1.29 is 18.0 Å². The third-order valence-electron chi connectivity index (χ3n) is 5.05. The van der Waals surface area contributed by atoms with Gasteiger partial charge in [0.2, 0.25) is 5.91 Å². The molecule has 0 bridgehead atoms. The summed E-state index contributed by atoms with van der Waals surface area (Å²) in [6, 6.07) is 16.9. The first kappa shape index (κ1) is 16.6. The highest BCUT2D eigenvalue weighted by Crippen LogP contribution is 2.43. The Bertz CT molecular complexity index is 992. The van der Waals surface area contributed by atoms with E-state index in [4.69, 9.17) is 0 Å². The van der Waals surface area contributed by atoms with E-state index in [9.17, 15) is 18.0 Å². The molecule has 1 amide bonds. The maximum absolute atomic E-state index is 12.9. The Balaban J connectivity index is 1.90. The van der Waals surface area contributed by atoms with Crippen LogP contribution in [0.5, 0.6) is 0 Å². The van der Waals surface area contributed by atoms with E-state index in [0.717, 1.165) is 39.7 Å². The van der Waals surface area contributed by atoms with Crippen molar-refractivity contribution in [3.05, 3.63) is 77.4 Å². The summed E-state index contributed by atoms with van der Waals surface area (Å²) in [4.78, 5) is 14.1. The summed E-state index contributed by atoms with van der Waals surface area (Å²) in [6.45, 7) is 0. The number of carbonyl (C=O) groups is 1. The quantitative estimate of drug-likeness (QED) is 0.576. The molecule has 2 nitrogen and oxygen atoms in total. The van der Waals surface area contributed by atoms with E-state index < -0.39 is 11.7 Å². The second kappa shape index (κ2) is 5.87. The van der Waals surface area contributed by atoms with Crippen molar-refractivity contribution in [2.75, 3.05) is 11.9 Å². The first-order valence-corrected chi connectivity index (χ1v) is 8.31. The van der Waals surface area contributed by atoms with E-state index in [0.29, 0.717) is 0 Å². The molecule has 1 aliphatic rings. The average Bonchev–Trinajstić information content (AvgIpc) is 2.63. The summed E-state index contributed by atoms with van der Waals surface area (Å²) in [5.41, 5.74) is 1.84. The van der Waals surface area contributed by atoms with Gasteiger partial charge in [-0.15, -0.1) is 0 Å². The fourth-order valence-corrected chi connectivity index (χ4v) is 3.68. The van der Waals surface area contributed by atoms with Crippen LogP contribution in [-0.4, -0.2) is 13.0 Å². The molecule has 0 saturated carbocycles. The van der Waals surface area contributed by atoms with Crippen LogP contribution in [0.1, 0.15) is 29.0 Å². The molecule has 1 aliphatic heterocycles. The summed E-state index contributed by atoms with van der Waals surface area (Å²) in [5, 5.41) is 2.07. The fourth-order valence-electron chi connectivity index (χ4n) is 3.68. The monoisotopic (exact) mass is 355 g/mol. The molecule has 0 aliphatic carbocycles. The molecular formula is C21H16F3NO. The maximum Gasteiger partial charge on any atom is 0.416 e. The molecule has 1 heterocycles. The molecule has 0 aromatic heterocycles. The van der Waals surface area contributed by atoms with Crippen molar-refractivity contribution in [1.82, 2.24) is 0 Å². The molecule has 132 valence electrons. The third-order valence-corrected chi connectivity index (χ3v) is 5.05. The van der Waals surface area contributed by atoms with Crippen molar-refractivity contribution in [3.63, 3.8) is 0 Å². The zero-order valence-corrected chi connectivity index (χ0v) is 14.0. The number of nitrogens with zero attached hydrogens (tertiary/aromatic N) is 1. The number of alkyl halides is 3. The van der Waals surface area contributed by atoms with Crippen LogP contribution in [-0.2, 0) is 11.0 Å². The molecule has 0 N–H and O–H groups in total. The van der Waals surface area contributed by atoms with Gasteiger partial charge in [0, 0.05) is 25.1 Å². The van der Waals surface area contributed by atoms with Crippen LogP contribution in [0.25, 0.3) is 10.8 Å². The van der Waals surface area contributed by atoms with E-state index in [1.807, 2.05) is 36.4 Å². The number of benzene rings is 3. The van der Waals surface area contributed by atoms with E-state index >= 15 is 0 Å². The predicted molar refractivity (Wildman–Crippen MR) is 95.3 cm³/mol. The number of hydrogen-bond acceptors (Lipinski definition) is 1. The lowest BCUT2D eigenvalue weighted by Crippen LogP contribution is -2.33. The zero-order chi connectivity index (χ0) is 18.5. The highest BCUT2D eigenvalue weighted by Gasteiger charge is 2.33. The van der Waals surface area contributed by atoms with Crippen molar-refractivity contribution >= 4 is 22.4 Å². The van der Waals surface area contributed by atoms with Crippen LogP contribution >= 0.6 is 0 Å². The average molecular weight is 355 g/mol. The van der Waals surface area contributed by atoms with Crippen LogP contribution in [0, 0.1) is 0 Å². The number of carbonyl (C=O) groups excluding carboxylic acids is 1. The third kappa shape index (κ3) is 2.64. The molecule has 0 radical (unpaired) electrons. The topological polar surface area (TPSA) is 20.3 Å². The van der Waals surface area contributed by atoms with E-state index in [1.165, 1.54) is 12.1 Å². The lowest BCUT2D eigenvalue weighted by atomic mass is 9.81. The molecule has 0 spiro atoms. The van der Waals surface area contributed by atoms with Crippen LogP contribution < -0.4 is 4.90 Å². The fraction of sp³-hybridized carbons (Fsp3) is 0.190. The molecule has 3 aromatic rings. The summed E-state index contributed by atoms with van der Waals surface area (Å²) in [6.07, 6.45) is -4.13. The van der Waals surface area contributed by atoms with Gasteiger partial charge in [0.25, 0.3) is 0 Å². The SMILES string of the molecule is CN1C(=O)CC(c2ccc(C(F)(F)F)cc2)c2c1ccc1ccccc21. The Labute approximate surface area is 148 Å². The van der Waals surface area contributed by atoms with Gasteiger partial charge in [0.15, 0.2) is 0 Å². The number of fused-ring (bicyclic) bond motifs is 3. The van der Waals surface area contributed by atoms with Gasteiger partial charge < -0.3 is 4.90 Å². The summed E-state index contributed by atoms with van der Waals surface area (Å²) in [7, 11) is 1.74. The molecule has 4 rings (SSSR count). The van der Waals surface area contributed by atoms with Crippen LogP contribution in [0.3, 0.4) is 0 Å². The van der Waals surface area contributed by atoms with Crippen molar-refractivity contribution in [1.29, 1.82) is 0 Å². The highest BCUT2D eigenvalue weighted by atomic mass is 19.4. The molecule has 26 heavy (non-hydrogen) atoms. The molecule has 0 saturated heterocycles. The van der Waals surface area contributed by atoms with Gasteiger partial charge in [0.05, 0.1) is 5.56 Å². The summed E-state index contributed by atoms with van der Waals surface area (Å²) in [5.74, 6) is -0.306. The van der Waals surface area contributed by atoms with Crippen molar-refractivity contribution in [2.45, 2.75) is 18.5 Å². The number of halogens is 3. The first-order chi connectivity index (χ1) is 12.4. The Kier molecular flexibility index (Phi) is 3.75. The second-order valence-electron chi connectivity index (χ2n) is 6.55. The predicted octanol–water partition coefficient (Wildman–Crippen LogP) is 5.36. The number of rotatable bonds is 1. The van der Waals surface area contributed by atoms with Gasteiger partial charge in [-0.25, -0.2) is 0 Å². The van der Waals surface area contributed by atoms with Crippen molar-refractivity contribution in [3.8, 4) is 0 Å². The maximum atomic E-state index is 12.9. The van der Waals surface area contributed by atoms with Crippen LogP contribution in [0.15, 0.2) is 60.7 Å². The number of amides is 1. The minimum Gasteiger partial charge on any atom is -0.315 e. The second-order valence-corrected chi connectivity index (χ2v) is 6.55. The van der Waals surface area contributed by atoms with Crippen LogP contribution in [0.2, 0.25) is 0 Å². The minimum absolute atomic E-state index is 0.0438. The van der Waals surface area contributed by atoms with Gasteiger partial charge in [-0.2, -0.15) is 13.2 Å². The van der Waals surface area contributed by atoms with Gasteiger partial charge in [0.1, 0.15) is 0 Å². The van der Waals surface area contributed by atoms with Crippen LogP contribution in [0.4, 0.5) is 18.9 Å². The Morgan fingerprint density at radius 1 is 0.962 bits per heavy atom. The Hall–Kier alpha value is -2.82. The molecule has 5 heteroatoms. The first-order valence-electron chi connectivity index (χ1n) is 8.31. The summed E-state index contributed by atoms with van der Waals surface area (Å²) < 4.78 is 38.6. The molecule has 1 atom stereocenters. The molecule has 3 aromatic carbocycles. The minimum atomic E-state index is -4.37. The Morgan fingerprint density at radius 2 is 1.65 bits per heavy atom. The molecule has 0 fully saturated rings.